The maximum atomic E-state index is 3.99. The van der Waals surface area contributed by atoms with Gasteiger partial charge >= 0.3 is 0 Å². The highest BCUT2D eigenvalue weighted by atomic mass is 14.4. The highest BCUT2D eigenvalue weighted by molar-refractivity contribution is 4.90. The number of hydrogen-bond acceptors (Lipinski definition) is 0. The van der Waals surface area contributed by atoms with Crippen LogP contribution in [0, 0.1) is 35.5 Å². The topological polar surface area (TPSA) is 0 Å². The molecule has 0 aliphatic heterocycles. The standard InChI is InChI=1S/C22H36/c1-3-17-5-9-19(10-6-17)21-13-15-22(16-14-21)20-11-7-18(4-2)8-12-20/h3-4,17-22H,1-2,5-16H2. The molecule has 3 rings (SSSR count). The third-order valence-corrected chi connectivity index (χ3v) is 7.45. The zero-order chi connectivity index (χ0) is 15.4. The molecule has 0 amide bonds. The fourth-order valence-electron chi connectivity index (χ4n) is 5.79. The highest BCUT2D eigenvalue weighted by Gasteiger charge is 2.33. The molecule has 0 N–H and O–H groups in total. The first-order chi connectivity index (χ1) is 10.8. The molecule has 22 heavy (non-hydrogen) atoms. The first-order valence-electron chi connectivity index (χ1n) is 10.0. The molecule has 0 heterocycles. The van der Waals surface area contributed by atoms with E-state index in [1.807, 2.05) is 0 Å². The van der Waals surface area contributed by atoms with Crippen LogP contribution in [0.1, 0.15) is 77.0 Å². The van der Waals surface area contributed by atoms with Gasteiger partial charge in [-0.2, -0.15) is 0 Å². The van der Waals surface area contributed by atoms with E-state index in [4.69, 9.17) is 0 Å². The Hall–Kier alpha value is -0.520. The monoisotopic (exact) mass is 300 g/mol. The fourth-order valence-corrected chi connectivity index (χ4v) is 5.79. The summed E-state index contributed by atoms with van der Waals surface area (Å²) in [5.41, 5.74) is 0. The lowest BCUT2D eigenvalue weighted by molar-refractivity contribution is 0.112. The lowest BCUT2D eigenvalue weighted by atomic mass is 9.65. The van der Waals surface area contributed by atoms with Crippen LogP contribution in [0.5, 0.6) is 0 Å². The molecule has 0 aromatic carbocycles. The quantitative estimate of drug-likeness (QED) is 0.502. The Morgan fingerprint density at radius 2 is 0.636 bits per heavy atom. The smallest absolute Gasteiger partial charge is 0.0236 e. The van der Waals surface area contributed by atoms with Gasteiger partial charge in [0.05, 0.1) is 0 Å². The van der Waals surface area contributed by atoms with Crippen molar-refractivity contribution in [2.45, 2.75) is 77.0 Å². The second-order valence-corrected chi connectivity index (χ2v) is 8.50. The van der Waals surface area contributed by atoms with Crippen LogP contribution < -0.4 is 0 Å². The molecule has 0 bridgehead atoms. The van der Waals surface area contributed by atoms with Crippen LogP contribution >= 0.6 is 0 Å². The summed E-state index contributed by atoms with van der Waals surface area (Å²) in [5.74, 6) is 5.88. The molecule has 0 aromatic heterocycles. The van der Waals surface area contributed by atoms with E-state index >= 15 is 0 Å². The second-order valence-electron chi connectivity index (χ2n) is 8.50. The largest absolute Gasteiger partial charge is 0.103 e. The van der Waals surface area contributed by atoms with Crippen molar-refractivity contribution in [2.24, 2.45) is 35.5 Å². The summed E-state index contributed by atoms with van der Waals surface area (Å²) in [5, 5.41) is 0. The van der Waals surface area contributed by atoms with Gasteiger partial charge in [0.1, 0.15) is 0 Å². The minimum atomic E-state index is 0.827. The van der Waals surface area contributed by atoms with Crippen molar-refractivity contribution < 1.29 is 0 Å². The summed E-state index contributed by atoms with van der Waals surface area (Å²) in [6, 6.07) is 0. The zero-order valence-corrected chi connectivity index (χ0v) is 14.5. The van der Waals surface area contributed by atoms with Crippen molar-refractivity contribution in [1.29, 1.82) is 0 Å². The van der Waals surface area contributed by atoms with Gasteiger partial charge in [0.15, 0.2) is 0 Å². The molecule has 0 radical (unpaired) electrons. The Bertz CT molecular complexity index is 308. The van der Waals surface area contributed by atoms with E-state index in [0.29, 0.717) is 0 Å². The molecule has 124 valence electrons. The molecule has 3 saturated carbocycles. The van der Waals surface area contributed by atoms with Gasteiger partial charge in [0, 0.05) is 0 Å². The first-order valence-corrected chi connectivity index (χ1v) is 10.0. The summed E-state index contributed by atoms with van der Waals surface area (Å²) >= 11 is 0. The van der Waals surface area contributed by atoms with E-state index in [0.717, 1.165) is 35.5 Å². The van der Waals surface area contributed by atoms with Crippen LogP contribution in [0.3, 0.4) is 0 Å². The maximum Gasteiger partial charge on any atom is -0.0236 e. The van der Waals surface area contributed by atoms with Crippen molar-refractivity contribution >= 4 is 0 Å². The molecule has 0 saturated heterocycles. The second kappa shape index (κ2) is 7.84. The molecule has 3 aliphatic rings. The SMILES string of the molecule is C=CC1CCC(C2CCC(C3CCC(C=C)CC3)CC2)CC1. The Balaban J connectivity index is 1.41. The minimum absolute atomic E-state index is 0.827. The molecule has 0 aromatic rings. The highest BCUT2D eigenvalue weighted by Crippen LogP contribution is 2.45. The van der Waals surface area contributed by atoms with E-state index in [9.17, 15) is 0 Å². The van der Waals surface area contributed by atoms with E-state index < -0.39 is 0 Å². The van der Waals surface area contributed by atoms with Gasteiger partial charge in [-0.05, 0) is 113 Å². The number of allylic oxidation sites excluding steroid dienone is 2. The summed E-state index contributed by atoms with van der Waals surface area (Å²) in [6.45, 7) is 7.98. The molecule has 0 spiro atoms. The third-order valence-electron chi connectivity index (χ3n) is 7.45. The van der Waals surface area contributed by atoms with E-state index in [1.54, 1.807) is 0 Å². The Labute approximate surface area is 138 Å². The molecule has 0 nitrogen and oxygen atoms in total. The average Bonchev–Trinajstić information content (AvgIpc) is 2.62. The molecule has 0 atom stereocenters. The van der Waals surface area contributed by atoms with Crippen LogP contribution in [0.2, 0.25) is 0 Å². The molecule has 3 fully saturated rings. The predicted octanol–water partition coefficient (Wildman–Crippen LogP) is 6.78. The van der Waals surface area contributed by atoms with Gasteiger partial charge < -0.3 is 0 Å². The van der Waals surface area contributed by atoms with Gasteiger partial charge in [0.25, 0.3) is 0 Å². The normalized spacial score (nSPS) is 43.5. The molecular weight excluding hydrogens is 264 g/mol. The van der Waals surface area contributed by atoms with Gasteiger partial charge in [-0.3, -0.25) is 0 Å². The average molecular weight is 301 g/mol. The van der Waals surface area contributed by atoms with Gasteiger partial charge in [-0.25, -0.2) is 0 Å². The van der Waals surface area contributed by atoms with Crippen molar-refractivity contribution in [3.05, 3.63) is 25.3 Å². The zero-order valence-electron chi connectivity index (χ0n) is 14.5. The van der Waals surface area contributed by atoms with Crippen molar-refractivity contribution in [2.75, 3.05) is 0 Å². The van der Waals surface area contributed by atoms with Crippen molar-refractivity contribution in [3.63, 3.8) is 0 Å². The lowest BCUT2D eigenvalue weighted by Gasteiger charge is -2.41. The Morgan fingerprint density at radius 1 is 0.409 bits per heavy atom. The fraction of sp³-hybridized carbons (Fsp3) is 0.818. The van der Waals surface area contributed by atoms with E-state index in [-0.39, 0.29) is 0 Å². The third kappa shape index (κ3) is 3.87. The molecule has 3 aliphatic carbocycles. The summed E-state index contributed by atoms with van der Waals surface area (Å²) in [6.07, 6.45) is 22.1. The first kappa shape index (κ1) is 16.3. The molecular formula is C22H36. The van der Waals surface area contributed by atoms with Crippen LogP contribution in [0.4, 0.5) is 0 Å². The van der Waals surface area contributed by atoms with Gasteiger partial charge in [-0.1, -0.05) is 12.2 Å². The summed E-state index contributed by atoms with van der Waals surface area (Å²) < 4.78 is 0. The van der Waals surface area contributed by atoms with Gasteiger partial charge in [0.2, 0.25) is 0 Å². The van der Waals surface area contributed by atoms with Crippen LogP contribution in [0.25, 0.3) is 0 Å². The van der Waals surface area contributed by atoms with Crippen LogP contribution in [-0.4, -0.2) is 0 Å². The molecule has 0 heteroatoms. The minimum Gasteiger partial charge on any atom is -0.103 e. The summed E-state index contributed by atoms with van der Waals surface area (Å²) in [7, 11) is 0. The maximum absolute atomic E-state index is 3.99. The lowest BCUT2D eigenvalue weighted by Crippen LogP contribution is -2.29. The van der Waals surface area contributed by atoms with Crippen molar-refractivity contribution in [3.8, 4) is 0 Å². The number of rotatable bonds is 4. The van der Waals surface area contributed by atoms with E-state index in [1.165, 1.54) is 77.0 Å². The summed E-state index contributed by atoms with van der Waals surface area (Å²) in [4.78, 5) is 0. The van der Waals surface area contributed by atoms with E-state index in [2.05, 4.69) is 25.3 Å². The Kier molecular flexibility index (Phi) is 5.83. The Morgan fingerprint density at radius 3 is 0.864 bits per heavy atom. The molecule has 0 unspecified atom stereocenters. The predicted molar refractivity (Wildman–Crippen MR) is 96.7 cm³/mol. The van der Waals surface area contributed by atoms with Gasteiger partial charge in [-0.15, -0.1) is 13.2 Å². The van der Waals surface area contributed by atoms with Crippen molar-refractivity contribution in [1.82, 2.24) is 0 Å². The van der Waals surface area contributed by atoms with Crippen LogP contribution in [-0.2, 0) is 0 Å². The number of hydrogen-bond donors (Lipinski definition) is 0. The van der Waals surface area contributed by atoms with Crippen LogP contribution in [0.15, 0.2) is 25.3 Å².